The summed E-state index contributed by atoms with van der Waals surface area (Å²) in [5, 5.41) is 3.19. The molecule has 2 aromatic heterocycles. The molecule has 0 radical (unpaired) electrons. The van der Waals surface area contributed by atoms with E-state index in [0.717, 1.165) is 76.0 Å². The minimum Gasteiger partial charge on any atom is -0.368 e. The van der Waals surface area contributed by atoms with E-state index in [4.69, 9.17) is 5.73 Å². The average molecular weight is 384 g/mol. The second kappa shape index (κ2) is 7.20. The molecule has 0 bridgehead atoms. The Hall–Kier alpha value is -2.42. The first-order chi connectivity index (χ1) is 13.7. The third kappa shape index (κ3) is 3.50. The highest BCUT2D eigenvalue weighted by molar-refractivity contribution is 5.84. The molecule has 1 amide bonds. The number of anilines is 2. The standard InChI is InChI=1S/C19H28N8O/c20-19-24-16-15(21-11-22-16)17(25-19)26-8-5-14(6-9-26)27-7-1-2-12(10-27)18(28)23-13-3-4-13/h11-14H,1-10H2,(H,23,28)(H3,20,21,22,24,25)/t12-/m1/s1. The van der Waals surface area contributed by atoms with Crippen molar-refractivity contribution in [2.75, 3.05) is 36.8 Å². The largest absolute Gasteiger partial charge is 0.368 e. The number of hydrogen-bond acceptors (Lipinski definition) is 7. The lowest BCUT2D eigenvalue weighted by atomic mass is 9.93. The highest BCUT2D eigenvalue weighted by Gasteiger charge is 2.34. The van der Waals surface area contributed by atoms with Crippen LogP contribution in [0.15, 0.2) is 6.33 Å². The molecule has 9 nitrogen and oxygen atoms in total. The molecule has 1 atom stereocenters. The Bertz CT molecular complexity index is 855. The van der Waals surface area contributed by atoms with Gasteiger partial charge in [-0.05, 0) is 45.1 Å². The number of carbonyl (C=O) groups is 1. The number of nitrogens with one attached hydrogen (secondary N) is 2. The summed E-state index contributed by atoms with van der Waals surface area (Å²) < 4.78 is 0. The first-order valence-corrected chi connectivity index (χ1v) is 10.4. The van der Waals surface area contributed by atoms with Gasteiger partial charge in [-0.2, -0.15) is 9.97 Å². The van der Waals surface area contributed by atoms with Gasteiger partial charge >= 0.3 is 0 Å². The lowest BCUT2D eigenvalue weighted by molar-refractivity contribution is -0.127. The van der Waals surface area contributed by atoms with Crippen molar-refractivity contribution in [3.63, 3.8) is 0 Å². The van der Waals surface area contributed by atoms with Crippen molar-refractivity contribution < 1.29 is 4.79 Å². The predicted molar refractivity (Wildman–Crippen MR) is 107 cm³/mol. The summed E-state index contributed by atoms with van der Waals surface area (Å²) in [6, 6.07) is 0.981. The minimum atomic E-state index is 0.152. The van der Waals surface area contributed by atoms with Crippen molar-refractivity contribution in [1.29, 1.82) is 0 Å². The number of carbonyl (C=O) groups excluding carboxylic acids is 1. The van der Waals surface area contributed by atoms with Crippen LogP contribution in [0.1, 0.15) is 38.5 Å². The second-order valence-electron chi connectivity index (χ2n) is 8.34. The monoisotopic (exact) mass is 384 g/mol. The summed E-state index contributed by atoms with van der Waals surface area (Å²) in [5.41, 5.74) is 7.33. The number of H-pyrrole nitrogens is 1. The zero-order chi connectivity index (χ0) is 19.1. The van der Waals surface area contributed by atoms with Crippen molar-refractivity contribution in [1.82, 2.24) is 30.2 Å². The Balaban J connectivity index is 1.21. The Kier molecular flexibility index (Phi) is 4.54. The second-order valence-corrected chi connectivity index (χ2v) is 8.34. The van der Waals surface area contributed by atoms with Crippen molar-refractivity contribution in [2.45, 2.75) is 50.6 Å². The Morgan fingerprint density at radius 2 is 1.96 bits per heavy atom. The summed E-state index contributed by atoms with van der Waals surface area (Å²) in [5.74, 6) is 1.53. The van der Waals surface area contributed by atoms with E-state index in [1.54, 1.807) is 6.33 Å². The molecule has 5 rings (SSSR count). The third-order valence-corrected chi connectivity index (χ3v) is 6.31. The Morgan fingerprint density at radius 3 is 2.75 bits per heavy atom. The molecule has 2 aliphatic heterocycles. The maximum Gasteiger partial charge on any atom is 0.224 e. The van der Waals surface area contributed by atoms with E-state index in [2.05, 4.69) is 35.1 Å². The molecule has 3 fully saturated rings. The molecule has 0 aromatic carbocycles. The fraction of sp³-hybridized carbons (Fsp3) is 0.684. The van der Waals surface area contributed by atoms with Crippen LogP contribution in [-0.2, 0) is 4.79 Å². The van der Waals surface area contributed by atoms with Gasteiger partial charge < -0.3 is 20.9 Å². The SMILES string of the molecule is Nc1nc(N2CCC(N3CCC[C@@H](C(=O)NC4CC4)C3)CC2)c2[nH]cnc2n1. The maximum atomic E-state index is 12.5. The first-order valence-electron chi connectivity index (χ1n) is 10.4. The van der Waals surface area contributed by atoms with Crippen molar-refractivity contribution in [2.24, 2.45) is 5.92 Å². The van der Waals surface area contributed by atoms with Crippen LogP contribution in [0.2, 0.25) is 0 Å². The zero-order valence-electron chi connectivity index (χ0n) is 16.1. The van der Waals surface area contributed by atoms with Gasteiger partial charge in [0.15, 0.2) is 11.5 Å². The predicted octanol–water partition coefficient (Wildman–Crippen LogP) is 0.895. The fourth-order valence-electron chi connectivity index (χ4n) is 4.60. The van der Waals surface area contributed by atoms with Crippen LogP contribution in [-0.4, -0.2) is 69.0 Å². The summed E-state index contributed by atoms with van der Waals surface area (Å²) in [6.07, 6.45) is 8.20. The maximum absolute atomic E-state index is 12.5. The average Bonchev–Trinajstić information content (AvgIpc) is 3.41. The number of rotatable bonds is 4. The van der Waals surface area contributed by atoms with Crippen molar-refractivity contribution in [3.05, 3.63) is 6.33 Å². The number of imidazole rings is 1. The van der Waals surface area contributed by atoms with E-state index in [1.807, 2.05) is 0 Å². The quantitative estimate of drug-likeness (QED) is 0.717. The van der Waals surface area contributed by atoms with E-state index in [-0.39, 0.29) is 17.8 Å². The van der Waals surface area contributed by atoms with E-state index in [9.17, 15) is 4.79 Å². The number of likely N-dealkylation sites (tertiary alicyclic amines) is 1. The van der Waals surface area contributed by atoms with E-state index < -0.39 is 0 Å². The summed E-state index contributed by atoms with van der Waals surface area (Å²) in [6.45, 7) is 3.84. The first kappa shape index (κ1) is 17.7. The molecule has 3 aliphatic rings. The number of nitrogen functional groups attached to an aromatic ring is 1. The van der Waals surface area contributed by atoms with Crippen LogP contribution in [0.5, 0.6) is 0 Å². The van der Waals surface area contributed by atoms with Gasteiger partial charge in [0.1, 0.15) is 5.52 Å². The van der Waals surface area contributed by atoms with Crippen LogP contribution < -0.4 is 16.0 Å². The van der Waals surface area contributed by atoms with E-state index in [1.165, 1.54) is 0 Å². The molecular formula is C19H28N8O. The van der Waals surface area contributed by atoms with Crippen LogP contribution in [0.3, 0.4) is 0 Å². The number of piperidine rings is 2. The number of fused-ring (bicyclic) bond motifs is 1. The Morgan fingerprint density at radius 1 is 1.14 bits per heavy atom. The highest BCUT2D eigenvalue weighted by atomic mass is 16.2. The van der Waals surface area contributed by atoms with Crippen molar-refractivity contribution in [3.8, 4) is 0 Å². The van der Waals surface area contributed by atoms with Gasteiger partial charge in [0.25, 0.3) is 0 Å². The number of amides is 1. The van der Waals surface area contributed by atoms with Gasteiger partial charge in [0.05, 0.1) is 12.2 Å². The molecule has 1 aliphatic carbocycles. The smallest absolute Gasteiger partial charge is 0.224 e. The number of aromatic nitrogens is 4. The van der Waals surface area contributed by atoms with Crippen LogP contribution >= 0.6 is 0 Å². The molecule has 0 spiro atoms. The molecule has 2 saturated heterocycles. The number of hydrogen-bond donors (Lipinski definition) is 3. The minimum absolute atomic E-state index is 0.152. The number of aromatic amines is 1. The number of nitrogens with zero attached hydrogens (tertiary/aromatic N) is 5. The van der Waals surface area contributed by atoms with E-state index in [0.29, 0.717) is 17.7 Å². The fourth-order valence-corrected chi connectivity index (χ4v) is 4.60. The summed E-state index contributed by atoms with van der Waals surface area (Å²) >= 11 is 0. The lowest BCUT2D eigenvalue weighted by Gasteiger charge is -2.42. The normalized spacial score (nSPS) is 24.6. The van der Waals surface area contributed by atoms with Gasteiger partial charge in [0, 0.05) is 31.7 Å². The molecule has 1 saturated carbocycles. The highest BCUT2D eigenvalue weighted by Crippen LogP contribution is 2.29. The van der Waals surface area contributed by atoms with E-state index >= 15 is 0 Å². The van der Waals surface area contributed by atoms with Gasteiger partial charge in [0.2, 0.25) is 11.9 Å². The molecular weight excluding hydrogens is 356 g/mol. The van der Waals surface area contributed by atoms with Gasteiger partial charge in [-0.15, -0.1) is 0 Å². The van der Waals surface area contributed by atoms with Gasteiger partial charge in [-0.3, -0.25) is 9.69 Å². The number of nitrogens with two attached hydrogens (primary N) is 1. The molecule has 4 heterocycles. The zero-order valence-corrected chi connectivity index (χ0v) is 16.1. The van der Waals surface area contributed by atoms with Crippen molar-refractivity contribution >= 4 is 28.8 Å². The van der Waals surface area contributed by atoms with Crippen LogP contribution in [0, 0.1) is 5.92 Å². The summed E-state index contributed by atoms with van der Waals surface area (Å²) in [4.78, 5) is 33.3. The van der Waals surface area contributed by atoms with Gasteiger partial charge in [-0.25, -0.2) is 4.98 Å². The summed E-state index contributed by atoms with van der Waals surface area (Å²) in [7, 11) is 0. The lowest BCUT2D eigenvalue weighted by Crippen LogP contribution is -2.51. The molecule has 150 valence electrons. The van der Waals surface area contributed by atoms with Crippen LogP contribution in [0.4, 0.5) is 11.8 Å². The molecule has 2 aromatic rings. The van der Waals surface area contributed by atoms with Gasteiger partial charge in [-0.1, -0.05) is 0 Å². The topological polar surface area (TPSA) is 116 Å². The molecule has 0 unspecified atom stereocenters. The van der Waals surface area contributed by atoms with Crippen LogP contribution in [0.25, 0.3) is 11.2 Å². The molecule has 9 heteroatoms. The molecule has 4 N–H and O–H groups in total. The molecule has 28 heavy (non-hydrogen) atoms. The third-order valence-electron chi connectivity index (χ3n) is 6.31. The Labute approximate surface area is 164 Å².